The van der Waals surface area contributed by atoms with Crippen LogP contribution < -0.4 is 0 Å². The van der Waals surface area contributed by atoms with Gasteiger partial charge in [-0.15, -0.1) is 0 Å². The number of halogens is 4. The second-order valence-corrected chi connectivity index (χ2v) is 2.27. The Balaban J connectivity index is -0.00000000800. The van der Waals surface area contributed by atoms with Crippen molar-refractivity contribution < 1.29 is 58.8 Å². The monoisotopic (exact) mass is 259 g/mol. The van der Waals surface area contributed by atoms with Gasteiger partial charge < -0.3 is 27.4 Å². The molecule has 0 atom stereocenters. The molecule has 0 aromatic carbocycles. The summed E-state index contributed by atoms with van der Waals surface area (Å²) in [5.74, 6) is 0. The first-order valence-electron chi connectivity index (χ1n) is 0.676. The Bertz CT molecular complexity index is 29.1. The van der Waals surface area contributed by atoms with E-state index in [2.05, 4.69) is 0 Å². The fraction of sp³-hybridized carbons (Fsp3) is 0. The quantitative estimate of drug-likeness (QED) is 0.334. The van der Waals surface area contributed by atoms with Crippen molar-refractivity contribution in [2.24, 2.45) is 0 Å². The van der Waals surface area contributed by atoms with Gasteiger partial charge in [-0.05, 0) is 0 Å². The van der Waals surface area contributed by atoms with Crippen LogP contribution in [0.1, 0.15) is 0 Å². The molecule has 0 rings (SSSR count). The van der Waals surface area contributed by atoms with E-state index in [1.165, 1.54) is 0 Å². The first-order valence-corrected chi connectivity index (χ1v) is 4.00. The van der Waals surface area contributed by atoms with Gasteiger partial charge in [0.2, 0.25) is 0 Å². The van der Waals surface area contributed by atoms with Gasteiger partial charge in [-0.3, -0.25) is 0 Å². The van der Waals surface area contributed by atoms with E-state index in [0.717, 1.165) is 0 Å². The predicted molar refractivity (Wildman–Crippen MR) is 22.5 cm³/mol. The molecule has 0 heterocycles. The van der Waals surface area contributed by atoms with Crippen LogP contribution in [0, 0.1) is 0 Å². The average molecular weight is 259 g/mol. The summed E-state index contributed by atoms with van der Waals surface area (Å²) in [5.41, 5.74) is 0. The molecule has 10 heavy (non-hydrogen) atoms. The fourth-order valence-corrected chi connectivity index (χ4v) is 0. The van der Waals surface area contributed by atoms with E-state index in [1.807, 2.05) is 0 Å². The molecule has 10 N–H and O–H groups in total. The zero-order valence-electron chi connectivity index (χ0n) is 4.46. The maximum absolute atomic E-state index is 9.89. The molecule has 0 spiro atoms. The van der Waals surface area contributed by atoms with Gasteiger partial charge in [0.05, 0.1) is 0 Å². The first-order chi connectivity index (χ1) is 2.00. The average Bonchev–Trinajstić information content (AvgIpc) is 0.722. The molecular formula is H10F4NbO5. The number of hydrogen-bond acceptors (Lipinski definition) is 0. The Labute approximate surface area is 59.5 Å². The molecule has 0 bridgehead atoms. The summed E-state index contributed by atoms with van der Waals surface area (Å²) in [4.78, 5) is 0. The van der Waals surface area contributed by atoms with E-state index in [1.54, 1.807) is 0 Å². The van der Waals surface area contributed by atoms with Crippen molar-refractivity contribution in [2.75, 3.05) is 0 Å². The zero-order valence-corrected chi connectivity index (χ0v) is 6.66. The Morgan fingerprint density at radius 3 is 0.500 bits per heavy atom. The van der Waals surface area contributed by atoms with Gasteiger partial charge in [0.25, 0.3) is 0 Å². The Hall–Kier alpha value is 0.260. The zero-order chi connectivity index (χ0) is 4.50. The third-order valence-corrected chi connectivity index (χ3v) is 0. The van der Waals surface area contributed by atoms with Gasteiger partial charge in [-0.2, -0.15) is 0 Å². The first kappa shape index (κ1) is 48.5. The van der Waals surface area contributed by atoms with Crippen LogP contribution in [0.4, 0.5) is 12.1 Å². The minimum absolute atomic E-state index is 0. The topological polar surface area (TPSA) is 158 Å². The van der Waals surface area contributed by atoms with Crippen LogP contribution >= 0.6 is 0 Å². The molecule has 0 radical (unpaired) electrons. The molecule has 0 aromatic rings. The second kappa shape index (κ2) is 16.1. The summed E-state index contributed by atoms with van der Waals surface area (Å²) in [7, 11) is 0. The normalized spacial score (nSPS) is 6.00. The van der Waals surface area contributed by atoms with E-state index < -0.39 is 19.3 Å². The van der Waals surface area contributed by atoms with Crippen molar-refractivity contribution in [3.63, 3.8) is 0 Å². The van der Waals surface area contributed by atoms with Crippen molar-refractivity contribution in [3.05, 3.63) is 0 Å². The van der Waals surface area contributed by atoms with E-state index in [-0.39, 0.29) is 27.4 Å². The van der Waals surface area contributed by atoms with E-state index in [9.17, 15) is 12.1 Å². The van der Waals surface area contributed by atoms with Gasteiger partial charge in [-0.25, -0.2) is 0 Å². The fourth-order valence-electron chi connectivity index (χ4n) is 0. The number of hydrogen-bond donors (Lipinski definition) is 0. The maximum atomic E-state index is 9.89. The van der Waals surface area contributed by atoms with Crippen molar-refractivity contribution in [2.45, 2.75) is 0 Å². The third kappa shape index (κ3) is 6430. The van der Waals surface area contributed by atoms with Crippen molar-refractivity contribution in [1.82, 2.24) is 0 Å². The van der Waals surface area contributed by atoms with Gasteiger partial charge in [0.1, 0.15) is 0 Å². The van der Waals surface area contributed by atoms with Crippen LogP contribution in [0.5, 0.6) is 0 Å². The van der Waals surface area contributed by atoms with Crippen LogP contribution in [0.2, 0.25) is 0 Å². The molecule has 0 aromatic heterocycles. The van der Waals surface area contributed by atoms with Crippen molar-refractivity contribution in [3.8, 4) is 0 Å². The van der Waals surface area contributed by atoms with Crippen LogP contribution in [-0.2, 0) is 19.3 Å². The molecule has 10 heteroatoms. The molecule has 0 aliphatic rings. The Morgan fingerprint density at radius 2 is 0.500 bits per heavy atom. The summed E-state index contributed by atoms with van der Waals surface area (Å²) >= 11 is -7.10. The molecule has 0 aliphatic carbocycles. The Kier molecular flexibility index (Phi) is 78.2. The molecular weight excluding hydrogens is 249 g/mol. The van der Waals surface area contributed by atoms with Gasteiger partial charge >= 0.3 is 31.4 Å². The molecule has 0 amide bonds. The van der Waals surface area contributed by atoms with Gasteiger partial charge in [0.15, 0.2) is 0 Å². The van der Waals surface area contributed by atoms with E-state index >= 15 is 0 Å². The number of rotatable bonds is 0. The molecule has 73 valence electrons. The Morgan fingerprint density at radius 1 is 0.500 bits per heavy atom. The van der Waals surface area contributed by atoms with Gasteiger partial charge in [-0.1, -0.05) is 0 Å². The van der Waals surface area contributed by atoms with Crippen LogP contribution in [0.25, 0.3) is 0 Å². The van der Waals surface area contributed by atoms with Crippen LogP contribution in [0.15, 0.2) is 0 Å². The van der Waals surface area contributed by atoms with Crippen LogP contribution in [0.3, 0.4) is 0 Å². The predicted octanol–water partition coefficient (Wildman–Crippen LogP) is -2.45. The summed E-state index contributed by atoms with van der Waals surface area (Å²) in [6.45, 7) is 0. The standard InChI is InChI=1S/4FH.Nb.5H2O/h4*1H;;5*1H2/q;;;;+4;;;;;/p-4. The molecule has 5 nitrogen and oxygen atoms in total. The minimum atomic E-state index is -7.10. The molecule has 0 saturated heterocycles. The van der Waals surface area contributed by atoms with Crippen LogP contribution in [-0.4, -0.2) is 27.4 Å². The van der Waals surface area contributed by atoms with Crippen molar-refractivity contribution >= 4 is 0 Å². The summed E-state index contributed by atoms with van der Waals surface area (Å²) in [6, 6.07) is 0. The van der Waals surface area contributed by atoms with E-state index in [0.29, 0.717) is 0 Å². The summed E-state index contributed by atoms with van der Waals surface area (Å²) in [5, 5.41) is 0. The summed E-state index contributed by atoms with van der Waals surface area (Å²) < 4.78 is 39.6. The van der Waals surface area contributed by atoms with E-state index in [4.69, 9.17) is 0 Å². The SMILES string of the molecule is O.O.O.O.O.[F][Nb]([F])([F])[F]. The molecule has 0 aliphatic heterocycles. The summed E-state index contributed by atoms with van der Waals surface area (Å²) in [6.07, 6.45) is 0. The molecule has 0 saturated carbocycles. The van der Waals surface area contributed by atoms with Gasteiger partial charge in [0, 0.05) is 0 Å². The van der Waals surface area contributed by atoms with Crippen molar-refractivity contribution in [1.29, 1.82) is 0 Å². The third-order valence-electron chi connectivity index (χ3n) is 0. The second-order valence-electron chi connectivity index (χ2n) is 0.383. The molecule has 0 fully saturated rings. The molecule has 0 unspecified atom stereocenters.